The van der Waals surface area contributed by atoms with Gasteiger partial charge >= 0.3 is 12.1 Å². The number of alkyl halides is 5. The van der Waals surface area contributed by atoms with Gasteiger partial charge in [0.1, 0.15) is 6.04 Å². The Kier molecular flexibility index (Phi) is 3.04. The van der Waals surface area contributed by atoms with Crippen LogP contribution in [0.3, 0.4) is 0 Å². The van der Waals surface area contributed by atoms with Crippen molar-refractivity contribution in [2.24, 2.45) is 12.8 Å². The summed E-state index contributed by atoms with van der Waals surface area (Å²) in [7, 11) is 1.56. The third-order valence-electron chi connectivity index (χ3n) is 3.03. The van der Waals surface area contributed by atoms with E-state index in [-0.39, 0.29) is 5.56 Å². The monoisotopic (exact) mass is 278 g/mol. The first kappa shape index (κ1) is 13.8. The van der Waals surface area contributed by atoms with Gasteiger partial charge in [0.15, 0.2) is 0 Å². The molecule has 1 atom stereocenters. The number of aromatic nitrogens is 1. The summed E-state index contributed by atoms with van der Waals surface area (Å²) in [5.74, 6) is -4.98. The molecule has 0 amide bonds. The number of benzene rings is 1. The average Bonchev–Trinajstić information content (AvgIpc) is 2.65. The number of hydrogen-bond acceptors (Lipinski definition) is 1. The van der Waals surface area contributed by atoms with E-state index in [4.69, 9.17) is 5.73 Å². The number of fused-ring (bicyclic) bond motifs is 1. The molecule has 7 heteroatoms. The maximum absolute atomic E-state index is 13.3. The molecule has 0 spiro atoms. The van der Waals surface area contributed by atoms with Crippen molar-refractivity contribution in [2.75, 3.05) is 0 Å². The fraction of sp³-hybridized carbons (Fsp3) is 0.333. The summed E-state index contributed by atoms with van der Waals surface area (Å²) in [5, 5.41) is 0.293. The predicted molar refractivity (Wildman–Crippen MR) is 60.8 cm³/mol. The van der Waals surface area contributed by atoms with Crippen molar-refractivity contribution in [3.63, 3.8) is 0 Å². The smallest absolute Gasteiger partial charge is 0.350 e. The maximum Gasteiger partial charge on any atom is 0.455 e. The van der Waals surface area contributed by atoms with Gasteiger partial charge in [-0.15, -0.1) is 0 Å². The van der Waals surface area contributed by atoms with Gasteiger partial charge in [-0.25, -0.2) is 0 Å². The molecule has 0 radical (unpaired) electrons. The highest BCUT2D eigenvalue weighted by Crippen LogP contribution is 2.44. The molecule has 0 aliphatic heterocycles. The molecule has 0 aliphatic carbocycles. The number of hydrogen-bond donors (Lipinski definition) is 1. The summed E-state index contributed by atoms with van der Waals surface area (Å²) in [5.41, 5.74) is 5.48. The Morgan fingerprint density at radius 2 is 1.68 bits per heavy atom. The van der Waals surface area contributed by atoms with Crippen LogP contribution in [-0.2, 0) is 7.05 Å². The lowest BCUT2D eigenvalue weighted by molar-refractivity contribution is -0.290. The maximum atomic E-state index is 13.3. The van der Waals surface area contributed by atoms with Crippen LogP contribution in [-0.4, -0.2) is 16.7 Å². The molecule has 2 rings (SSSR count). The second-order valence-electron chi connectivity index (χ2n) is 4.31. The Morgan fingerprint density at radius 3 is 2.26 bits per heavy atom. The lowest BCUT2D eigenvalue weighted by atomic mass is 10.0. The molecule has 0 unspecified atom stereocenters. The first-order chi connectivity index (χ1) is 8.66. The molecular weight excluding hydrogens is 267 g/mol. The minimum Gasteiger partial charge on any atom is -0.350 e. The molecule has 0 saturated heterocycles. The molecule has 1 aromatic carbocycles. The Labute approximate surface area is 105 Å². The molecule has 0 aliphatic rings. The van der Waals surface area contributed by atoms with Crippen molar-refractivity contribution in [1.29, 1.82) is 0 Å². The van der Waals surface area contributed by atoms with Crippen LogP contribution in [0.5, 0.6) is 0 Å². The van der Waals surface area contributed by atoms with Crippen LogP contribution in [0, 0.1) is 0 Å². The van der Waals surface area contributed by atoms with E-state index in [1.165, 1.54) is 16.8 Å². The zero-order chi connectivity index (χ0) is 14.4. The normalized spacial score (nSPS) is 14.9. The largest absolute Gasteiger partial charge is 0.455 e. The Hall–Kier alpha value is -1.63. The summed E-state index contributed by atoms with van der Waals surface area (Å²) in [6, 6.07) is 3.89. The zero-order valence-corrected chi connectivity index (χ0v) is 9.88. The second kappa shape index (κ2) is 4.19. The van der Waals surface area contributed by atoms with Gasteiger partial charge in [0.05, 0.1) is 0 Å². The third kappa shape index (κ3) is 2.07. The van der Waals surface area contributed by atoms with Gasteiger partial charge in [0, 0.05) is 29.7 Å². The molecule has 19 heavy (non-hydrogen) atoms. The molecule has 0 saturated carbocycles. The first-order valence-electron chi connectivity index (χ1n) is 5.40. The summed E-state index contributed by atoms with van der Waals surface area (Å²) >= 11 is 0. The highest BCUT2D eigenvalue weighted by molar-refractivity contribution is 5.84. The number of rotatable bonds is 2. The van der Waals surface area contributed by atoms with Crippen molar-refractivity contribution in [1.82, 2.24) is 4.57 Å². The molecule has 0 bridgehead atoms. The summed E-state index contributed by atoms with van der Waals surface area (Å²) in [6.45, 7) is 0. The van der Waals surface area contributed by atoms with E-state index < -0.39 is 18.1 Å². The van der Waals surface area contributed by atoms with Crippen molar-refractivity contribution >= 4 is 10.9 Å². The zero-order valence-electron chi connectivity index (χ0n) is 9.88. The second-order valence-corrected chi connectivity index (χ2v) is 4.31. The minimum absolute atomic E-state index is 0.222. The van der Waals surface area contributed by atoms with Crippen LogP contribution in [0.15, 0.2) is 30.5 Å². The fourth-order valence-corrected chi connectivity index (χ4v) is 1.99. The minimum atomic E-state index is -5.68. The van der Waals surface area contributed by atoms with Gasteiger partial charge in [-0.3, -0.25) is 0 Å². The van der Waals surface area contributed by atoms with E-state index in [1.54, 1.807) is 25.2 Å². The topological polar surface area (TPSA) is 30.9 Å². The first-order valence-corrected chi connectivity index (χ1v) is 5.40. The van der Waals surface area contributed by atoms with Gasteiger partial charge in [-0.05, 0) is 6.07 Å². The van der Waals surface area contributed by atoms with Crippen LogP contribution in [0.4, 0.5) is 22.0 Å². The fourth-order valence-electron chi connectivity index (χ4n) is 1.99. The highest BCUT2D eigenvalue weighted by atomic mass is 19.4. The SMILES string of the molecule is Cn1cc([C@H](N)C(F)(F)C(F)(F)F)c2ccccc21. The number of aryl methyl sites for hydroxylation is 1. The van der Waals surface area contributed by atoms with Crippen LogP contribution in [0.2, 0.25) is 0 Å². The van der Waals surface area contributed by atoms with E-state index in [9.17, 15) is 22.0 Å². The molecule has 2 aromatic rings. The number of halogens is 5. The average molecular weight is 278 g/mol. The third-order valence-corrected chi connectivity index (χ3v) is 3.03. The lowest BCUT2D eigenvalue weighted by Crippen LogP contribution is -2.45. The molecule has 1 aromatic heterocycles. The summed E-state index contributed by atoms with van der Waals surface area (Å²) < 4.78 is 65.1. The van der Waals surface area contributed by atoms with E-state index >= 15 is 0 Å². The van der Waals surface area contributed by atoms with Crippen molar-refractivity contribution < 1.29 is 22.0 Å². The molecular formula is C12H11F5N2. The predicted octanol–water partition coefficient (Wildman–Crippen LogP) is 3.38. The molecule has 0 fully saturated rings. The van der Waals surface area contributed by atoms with Crippen LogP contribution < -0.4 is 5.73 Å². The summed E-state index contributed by atoms with van der Waals surface area (Å²) in [6.07, 6.45) is -4.47. The Balaban J connectivity index is 2.57. The summed E-state index contributed by atoms with van der Waals surface area (Å²) in [4.78, 5) is 0. The van der Waals surface area contributed by atoms with E-state index in [2.05, 4.69) is 0 Å². The van der Waals surface area contributed by atoms with Gasteiger partial charge < -0.3 is 10.3 Å². The van der Waals surface area contributed by atoms with E-state index in [1.807, 2.05) is 0 Å². The van der Waals surface area contributed by atoms with E-state index in [0.29, 0.717) is 10.9 Å². The standard InChI is InChI=1S/C12H11F5N2/c1-19-6-8(7-4-2-3-5-9(7)19)10(18)11(13,14)12(15,16)17/h2-6,10H,18H2,1H3/t10-/m0/s1. The van der Waals surface area contributed by atoms with Crippen LogP contribution in [0.1, 0.15) is 11.6 Å². The lowest BCUT2D eigenvalue weighted by Gasteiger charge is -2.25. The van der Waals surface area contributed by atoms with Crippen LogP contribution in [0.25, 0.3) is 10.9 Å². The number of nitrogens with zero attached hydrogens (tertiary/aromatic N) is 1. The molecule has 2 N–H and O–H groups in total. The van der Waals surface area contributed by atoms with Gasteiger partial charge in [-0.1, -0.05) is 18.2 Å². The van der Waals surface area contributed by atoms with Gasteiger partial charge in [0.2, 0.25) is 0 Å². The van der Waals surface area contributed by atoms with Crippen molar-refractivity contribution in [3.05, 3.63) is 36.0 Å². The molecule has 1 heterocycles. The molecule has 104 valence electrons. The number of nitrogens with two attached hydrogens (primary N) is 1. The number of para-hydroxylation sites is 1. The van der Waals surface area contributed by atoms with Gasteiger partial charge in [-0.2, -0.15) is 22.0 Å². The van der Waals surface area contributed by atoms with Crippen molar-refractivity contribution in [2.45, 2.75) is 18.1 Å². The molecule has 2 nitrogen and oxygen atoms in total. The Bertz CT molecular complexity index is 600. The van der Waals surface area contributed by atoms with Crippen molar-refractivity contribution in [3.8, 4) is 0 Å². The van der Waals surface area contributed by atoms with E-state index in [0.717, 1.165) is 0 Å². The quantitative estimate of drug-likeness (QED) is 0.839. The highest BCUT2D eigenvalue weighted by Gasteiger charge is 2.62. The van der Waals surface area contributed by atoms with Gasteiger partial charge in [0.25, 0.3) is 0 Å². The Morgan fingerprint density at radius 1 is 1.11 bits per heavy atom. The van der Waals surface area contributed by atoms with Crippen LogP contribution >= 0.6 is 0 Å².